The molecule has 0 saturated carbocycles. The smallest absolute Gasteiger partial charge is 0.235 e. The van der Waals surface area contributed by atoms with E-state index in [2.05, 4.69) is 4.90 Å². The van der Waals surface area contributed by atoms with Crippen LogP contribution in [0.3, 0.4) is 0 Å². The molecule has 4 nitrogen and oxygen atoms in total. The van der Waals surface area contributed by atoms with E-state index in [0.29, 0.717) is 0 Å². The molecule has 0 aromatic heterocycles. The van der Waals surface area contributed by atoms with Crippen molar-refractivity contribution < 1.29 is 4.92 Å². The van der Waals surface area contributed by atoms with Gasteiger partial charge in [0.1, 0.15) is 0 Å². The third kappa shape index (κ3) is 3.67. The van der Waals surface area contributed by atoms with Gasteiger partial charge in [-0.2, -0.15) is 0 Å². The van der Waals surface area contributed by atoms with Gasteiger partial charge in [-0.1, -0.05) is 48.5 Å². The molecule has 24 heavy (non-hydrogen) atoms. The molecule has 0 saturated heterocycles. The van der Waals surface area contributed by atoms with Crippen LogP contribution in [0, 0.1) is 10.1 Å². The van der Waals surface area contributed by atoms with Crippen molar-refractivity contribution in [2.45, 2.75) is 0 Å². The van der Waals surface area contributed by atoms with E-state index in [9.17, 15) is 10.1 Å². The van der Waals surface area contributed by atoms with Crippen molar-refractivity contribution in [3.05, 3.63) is 107 Å². The Labute approximate surface area is 140 Å². The molecule has 0 aliphatic rings. The molecule has 3 aromatic rings. The van der Waals surface area contributed by atoms with E-state index in [-0.39, 0.29) is 0 Å². The maximum absolute atomic E-state index is 10.4. The summed E-state index contributed by atoms with van der Waals surface area (Å²) in [5, 5.41) is 10.4. The first-order valence-corrected chi connectivity index (χ1v) is 7.56. The van der Waals surface area contributed by atoms with Crippen LogP contribution in [0.4, 0.5) is 17.1 Å². The molecule has 0 radical (unpaired) electrons. The van der Waals surface area contributed by atoms with E-state index in [1.807, 2.05) is 84.9 Å². The number of nitrogens with zero attached hydrogens (tertiary/aromatic N) is 2. The second-order valence-corrected chi connectivity index (χ2v) is 5.20. The minimum atomic E-state index is -0.464. The number of rotatable bonds is 5. The van der Waals surface area contributed by atoms with E-state index >= 15 is 0 Å². The first kappa shape index (κ1) is 15.5. The summed E-state index contributed by atoms with van der Waals surface area (Å²) in [6, 6.07) is 27.8. The Morgan fingerprint density at radius 2 is 1.17 bits per heavy atom. The van der Waals surface area contributed by atoms with E-state index in [1.54, 1.807) is 0 Å². The van der Waals surface area contributed by atoms with Crippen LogP contribution in [0.25, 0.3) is 6.08 Å². The average molecular weight is 316 g/mol. The predicted octanol–water partition coefficient (Wildman–Crippen LogP) is 5.40. The normalized spacial score (nSPS) is 10.7. The predicted molar refractivity (Wildman–Crippen MR) is 97.2 cm³/mol. The fraction of sp³-hybridized carbons (Fsp3) is 0. The Bertz CT molecular complexity index is 789. The van der Waals surface area contributed by atoms with E-state index in [0.717, 1.165) is 28.8 Å². The zero-order valence-electron chi connectivity index (χ0n) is 12.9. The van der Waals surface area contributed by atoms with Crippen LogP contribution in [0.5, 0.6) is 0 Å². The molecular weight excluding hydrogens is 300 g/mol. The molecule has 0 fully saturated rings. The number of hydrogen-bond donors (Lipinski definition) is 0. The molecule has 0 spiro atoms. The maximum atomic E-state index is 10.4. The Morgan fingerprint density at radius 1 is 0.708 bits per heavy atom. The highest BCUT2D eigenvalue weighted by molar-refractivity contribution is 5.76. The first-order chi connectivity index (χ1) is 11.7. The summed E-state index contributed by atoms with van der Waals surface area (Å²) in [6.07, 6.45) is 2.43. The highest BCUT2D eigenvalue weighted by Gasteiger charge is 2.11. The monoisotopic (exact) mass is 316 g/mol. The number of hydrogen-bond acceptors (Lipinski definition) is 3. The Morgan fingerprint density at radius 3 is 1.62 bits per heavy atom. The lowest BCUT2D eigenvalue weighted by Gasteiger charge is -2.25. The van der Waals surface area contributed by atoms with Gasteiger partial charge in [-0.15, -0.1) is 0 Å². The second kappa shape index (κ2) is 7.24. The summed E-state index contributed by atoms with van der Waals surface area (Å²) >= 11 is 0. The zero-order chi connectivity index (χ0) is 16.8. The van der Waals surface area contributed by atoms with Crippen molar-refractivity contribution in [2.24, 2.45) is 0 Å². The molecule has 0 aliphatic carbocycles. The number of nitro groups is 1. The second-order valence-electron chi connectivity index (χ2n) is 5.20. The molecule has 0 aliphatic heterocycles. The number of para-hydroxylation sites is 2. The third-order valence-corrected chi connectivity index (χ3v) is 3.57. The Hall–Kier alpha value is -3.40. The van der Waals surface area contributed by atoms with Crippen molar-refractivity contribution in [3.8, 4) is 0 Å². The van der Waals surface area contributed by atoms with Crippen molar-refractivity contribution in [1.29, 1.82) is 0 Å². The van der Waals surface area contributed by atoms with Gasteiger partial charge >= 0.3 is 0 Å². The molecular formula is C20H16N2O2. The minimum Gasteiger partial charge on any atom is -0.311 e. The van der Waals surface area contributed by atoms with E-state index < -0.39 is 4.92 Å². The highest BCUT2D eigenvalue weighted by Crippen LogP contribution is 2.34. The van der Waals surface area contributed by atoms with Gasteiger partial charge in [-0.3, -0.25) is 10.1 Å². The molecule has 0 unspecified atom stereocenters. The Balaban J connectivity index is 1.99. The van der Waals surface area contributed by atoms with Gasteiger partial charge in [0, 0.05) is 23.1 Å². The van der Waals surface area contributed by atoms with Crippen molar-refractivity contribution in [3.63, 3.8) is 0 Å². The van der Waals surface area contributed by atoms with Gasteiger partial charge in [-0.25, -0.2) is 0 Å². The van der Waals surface area contributed by atoms with Crippen LogP contribution in [0.2, 0.25) is 0 Å². The molecule has 0 heterocycles. The SMILES string of the molecule is O=[N+]([O-])C=Cc1ccc(N(c2ccccc2)c2ccccc2)cc1. The Kier molecular flexibility index (Phi) is 4.68. The van der Waals surface area contributed by atoms with Gasteiger partial charge in [0.25, 0.3) is 0 Å². The molecule has 0 N–H and O–H groups in total. The van der Waals surface area contributed by atoms with Crippen LogP contribution in [-0.4, -0.2) is 4.92 Å². The molecule has 3 rings (SSSR count). The summed E-state index contributed by atoms with van der Waals surface area (Å²) in [4.78, 5) is 12.1. The molecule has 0 amide bonds. The van der Waals surface area contributed by atoms with Crippen LogP contribution in [0.15, 0.2) is 91.1 Å². The third-order valence-electron chi connectivity index (χ3n) is 3.57. The van der Waals surface area contributed by atoms with Gasteiger partial charge in [0.05, 0.1) is 4.92 Å². The van der Waals surface area contributed by atoms with Crippen molar-refractivity contribution >= 4 is 23.1 Å². The minimum absolute atomic E-state index is 0.464. The van der Waals surface area contributed by atoms with Crippen molar-refractivity contribution in [1.82, 2.24) is 0 Å². The number of anilines is 3. The summed E-state index contributed by atoms with van der Waals surface area (Å²) in [7, 11) is 0. The van der Waals surface area contributed by atoms with Crippen LogP contribution in [0.1, 0.15) is 5.56 Å². The van der Waals surface area contributed by atoms with Gasteiger partial charge in [0.15, 0.2) is 0 Å². The van der Waals surface area contributed by atoms with Crippen LogP contribution < -0.4 is 4.90 Å². The quantitative estimate of drug-likeness (QED) is 0.467. The molecule has 118 valence electrons. The van der Waals surface area contributed by atoms with E-state index in [1.165, 1.54) is 6.08 Å². The lowest BCUT2D eigenvalue weighted by atomic mass is 10.1. The zero-order valence-corrected chi connectivity index (χ0v) is 12.9. The fourth-order valence-electron chi connectivity index (χ4n) is 2.48. The van der Waals surface area contributed by atoms with Crippen LogP contribution >= 0.6 is 0 Å². The number of benzene rings is 3. The molecule has 4 heteroatoms. The summed E-state index contributed by atoms with van der Waals surface area (Å²) in [6.45, 7) is 0. The summed E-state index contributed by atoms with van der Waals surface area (Å²) in [5.41, 5.74) is 3.89. The lowest BCUT2D eigenvalue weighted by molar-refractivity contribution is -0.400. The summed E-state index contributed by atoms with van der Waals surface area (Å²) < 4.78 is 0. The molecule has 0 bridgehead atoms. The lowest BCUT2D eigenvalue weighted by Crippen LogP contribution is -2.09. The van der Waals surface area contributed by atoms with Gasteiger partial charge in [0.2, 0.25) is 6.20 Å². The van der Waals surface area contributed by atoms with Gasteiger partial charge < -0.3 is 4.90 Å². The standard InChI is InChI=1S/C20H16N2O2/c23-21(24)16-15-17-11-13-20(14-12-17)22(18-7-3-1-4-8-18)19-9-5-2-6-10-19/h1-16H. The molecule has 0 atom stereocenters. The fourth-order valence-corrected chi connectivity index (χ4v) is 2.48. The van der Waals surface area contributed by atoms with Crippen molar-refractivity contribution in [2.75, 3.05) is 4.90 Å². The molecule has 3 aromatic carbocycles. The van der Waals surface area contributed by atoms with Crippen LogP contribution in [-0.2, 0) is 0 Å². The average Bonchev–Trinajstić information content (AvgIpc) is 2.63. The highest BCUT2D eigenvalue weighted by atomic mass is 16.6. The van der Waals surface area contributed by atoms with Gasteiger partial charge in [-0.05, 0) is 42.0 Å². The topological polar surface area (TPSA) is 46.4 Å². The van der Waals surface area contributed by atoms with E-state index in [4.69, 9.17) is 0 Å². The largest absolute Gasteiger partial charge is 0.311 e. The summed E-state index contributed by atoms with van der Waals surface area (Å²) in [5.74, 6) is 0. The maximum Gasteiger partial charge on any atom is 0.235 e. The first-order valence-electron chi connectivity index (χ1n) is 7.56.